The monoisotopic (exact) mass is 344 g/mol. The van der Waals surface area contributed by atoms with E-state index in [1.165, 1.54) is 22.3 Å². The molecule has 0 bridgehead atoms. The lowest BCUT2D eigenvalue weighted by Crippen LogP contribution is -2.16. The molecule has 1 heteroatoms. The molecule has 0 aliphatic heterocycles. The van der Waals surface area contributed by atoms with Gasteiger partial charge in [-0.25, -0.2) is 4.39 Å². The fourth-order valence-electron chi connectivity index (χ4n) is 4.40. The van der Waals surface area contributed by atoms with Crippen molar-refractivity contribution in [1.82, 2.24) is 0 Å². The molecule has 1 aliphatic rings. The van der Waals surface area contributed by atoms with Crippen LogP contribution in [0.25, 0.3) is 22.3 Å². The third-order valence-electron chi connectivity index (χ3n) is 5.66. The van der Waals surface area contributed by atoms with Gasteiger partial charge < -0.3 is 0 Å². The van der Waals surface area contributed by atoms with Crippen molar-refractivity contribution in [2.45, 2.75) is 45.4 Å². The molecule has 0 spiro atoms. The molecule has 3 aromatic rings. The fourth-order valence-corrected chi connectivity index (χ4v) is 4.40. The van der Waals surface area contributed by atoms with Gasteiger partial charge in [-0.05, 0) is 50.9 Å². The first-order valence-electron chi connectivity index (χ1n) is 9.25. The van der Waals surface area contributed by atoms with E-state index < -0.39 is 0 Å². The smallest absolute Gasteiger partial charge is 0.127 e. The lowest BCUT2D eigenvalue weighted by molar-refractivity contribution is 0.524. The largest absolute Gasteiger partial charge is 0.207 e. The maximum atomic E-state index is 14.7. The van der Waals surface area contributed by atoms with E-state index in [1.807, 2.05) is 12.1 Å². The van der Waals surface area contributed by atoms with Gasteiger partial charge in [0.15, 0.2) is 0 Å². The molecule has 1 aliphatic carbocycles. The zero-order chi connectivity index (χ0) is 18.7. The minimum Gasteiger partial charge on any atom is -0.207 e. The highest BCUT2D eigenvalue weighted by Gasteiger charge is 2.35. The summed E-state index contributed by atoms with van der Waals surface area (Å²) < 4.78 is 14.7. The number of rotatable bonds is 1. The van der Waals surface area contributed by atoms with Crippen LogP contribution in [-0.2, 0) is 10.8 Å². The Kier molecular flexibility index (Phi) is 3.63. The van der Waals surface area contributed by atoms with Gasteiger partial charge in [0.25, 0.3) is 0 Å². The Labute approximate surface area is 155 Å². The maximum absolute atomic E-state index is 14.7. The van der Waals surface area contributed by atoms with Crippen LogP contribution in [-0.4, -0.2) is 0 Å². The molecular formula is C25H25F. The van der Waals surface area contributed by atoms with Crippen LogP contribution in [0.15, 0.2) is 60.7 Å². The first-order chi connectivity index (χ1) is 12.2. The molecule has 0 heterocycles. The van der Waals surface area contributed by atoms with Gasteiger partial charge in [0.2, 0.25) is 0 Å². The van der Waals surface area contributed by atoms with Gasteiger partial charge in [-0.3, -0.25) is 0 Å². The Morgan fingerprint density at radius 3 is 2.12 bits per heavy atom. The van der Waals surface area contributed by atoms with Gasteiger partial charge in [-0.1, -0.05) is 83.1 Å². The van der Waals surface area contributed by atoms with E-state index in [9.17, 15) is 4.39 Å². The van der Waals surface area contributed by atoms with Crippen molar-refractivity contribution in [3.63, 3.8) is 0 Å². The third kappa shape index (κ3) is 2.41. The van der Waals surface area contributed by atoms with E-state index in [2.05, 4.69) is 77.1 Å². The third-order valence-corrected chi connectivity index (χ3v) is 5.66. The van der Waals surface area contributed by atoms with Crippen molar-refractivity contribution in [3.8, 4) is 22.3 Å². The minimum absolute atomic E-state index is 0.0445. The van der Waals surface area contributed by atoms with E-state index in [1.54, 1.807) is 6.07 Å². The first kappa shape index (κ1) is 17.0. The number of halogens is 1. The van der Waals surface area contributed by atoms with Gasteiger partial charge in [-0.15, -0.1) is 0 Å². The van der Waals surface area contributed by atoms with E-state index in [4.69, 9.17) is 0 Å². The molecule has 0 unspecified atom stereocenters. The van der Waals surface area contributed by atoms with Crippen LogP contribution in [0.5, 0.6) is 0 Å². The van der Waals surface area contributed by atoms with E-state index >= 15 is 0 Å². The molecule has 0 aromatic heterocycles. The number of fused-ring (bicyclic) bond motifs is 3. The molecule has 0 saturated heterocycles. The summed E-state index contributed by atoms with van der Waals surface area (Å²) in [6.07, 6.45) is 0. The van der Waals surface area contributed by atoms with Crippen LogP contribution in [0.1, 0.15) is 51.3 Å². The molecule has 0 radical (unpaired) electrons. The zero-order valence-corrected chi connectivity index (χ0v) is 16.2. The summed E-state index contributed by atoms with van der Waals surface area (Å²) in [4.78, 5) is 0. The Morgan fingerprint density at radius 1 is 0.731 bits per heavy atom. The molecule has 132 valence electrons. The van der Waals surface area contributed by atoms with Crippen LogP contribution in [0.2, 0.25) is 0 Å². The van der Waals surface area contributed by atoms with Crippen molar-refractivity contribution in [2.24, 2.45) is 0 Å². The quantitative estimate of drug-likeness (QED) is 0.442. The lowest BCUT2D eigenvalue weighted by atomic mass is 9.79. The number of benzene rings is 3. The van der Waals surface area contributed by atoms with Crippen LogP contribution in [0, 0.1) is 5.82 Å². The van der Waals surface area contributed by atoms with E-state index in [-0.39, 0.29) is 16.6 Å². The highest BCUT2D eigenvalue weighted by Crippen LogP contribution is 2.49. The van der Waals surface area contributed by atoms with E-state index in [0.717, 1.165) is 16.7 Å². The molecule has 0 saturated carbocycles. The van der Waals surface area contributed by atoms with Crippen LogP contribution in [0.4, 0.5) is 4.39 Å². The first-order valence-corrected chi connectivity index (χ1v) is 9.25. The van der Waals surface area contributed by atoms with Crippen molar-refractivity contribution < 1.29 is 4.39 Å². The summed E-state index contributed by atoms with van der Waals surface area (Å²) in [6, 6.07) is 20.7. The van der Waals surface area contributed by atoms with Gasteiger partial charge in [0.1, 0.15) is 5.82 Å². The normalized spacial score (nSPS) is 14.8. The Bertz CT molecular complexity index is 1000. The Morgan fingerprint density at radius 2 is 1.38 bits per heavy atom. The molecule has 0 N–H and O–H groups in total. The van der Waals surface area contributed by atoms with Crippen molar-refractivity contribution in [3.05, 3.63) is 83.2 Å². The fraction of sp³-hybridized carbons (Fsp3) is 0.280. The SMILES string of the molecule is CC(C)(C)c1c(F)cccc1-c1ccc2c(c1)C(C)(C)c1ccccc1-2. The Hall–Kier alpha value is -2.41. The standard InChI is InChI=1S/C25H25F/c1-24(2,3)23-17(10-8-12-22(23)26)16-13-14-19-18-9-6-7-11-20(18)25(4,5)21(19)15-16/h6-15H,1-5H3. The van der Waals surface area contributed by atoms with Crippen molar-refractivity contribution >= 4 is 0 Å². The van der Waals surface area contributed by atoms with Crippen LogP contribution >= 0.6 is 0 Å². The average molecular weight is 344 g/mol. The molecule has 0 amide bonds. The molecule has 0 nitrogen and oxygen atoms in total. The van der Waals surface area contributed by atoms with Crippen molar-refractivity contribution in [2.75, 3.05) is 0 Å². The summed E-state index contributed by atoms with van der Waals surface area (Å²) >= 11 is 0. The predicted molar refractivity (Wildman–Crippen MR) is 108 cm³/mol. The Balaban J connectivity index is 1.95. The lowest BCUT2D eigenvalue weighted by Gasteiger charge is -2.25. The number of hydrogen-bond donors (Lipinski definition) is 0. The second-order valence-electron chi connectivity index (χ2n) is 8.84. The second-order valence-corrected chi connectivity index (χ2v) is 8.84. The minimum atomic E-state index is -0.252. The molecular weight excluding hydrogens is 319 g/mol. The highest BCUT2D eigenvalue weighted by molar-refractivity contribution is 5.84. The summed E-state index contributed by atoms with van der Waals surface area (Å²) in [7, 11) is 0. The second kappa shape index (κ2) is 5.54. The maximum Gasteiger partial charge on any atom is 0.127 e. The van der Waals surface area contributed by atoms with Crippen molar-refractivity contribution in [1.29, 1.82) is 0 Å². The number of hydrogen-bond acceptors (Lipinski definition) is 0. The summed E-state index contributed by atoms with van der Waals surface area (Å²) in [6.45, 7) is 10.8. The topological polar surface area (TPSA) is 0 Å². The van der Waals surface area contributed by atoms with Gasteiger partial charge in [0, 0.05) is 11.0 Å². The molecule has 0 atom stereocenters. The van der Waals surface area contributed by atoms with Crippen LogP contribution in [0.3, 0.4) is 0 Å². The summed E-state index contributed by atoms with van der Waals surface area (Å²) in [5, 5.41) is 0. The zero-order valence-electron chi connectivity index (χ0n) is 16.2. The summed E-state index contributed by atoms with van der Waals surface area (Å²) in [5.41, 5.74) is 7.87. The van der Waals surface area contributed by atoms with E-state index in [0.29, 0.717) is 0 Å². The highest BCUT2D eigenvalue weighted by atomic mass is 19.1. The van der Waals surface area contributed by atoms with Crippen LogP contribution < -0.4 is 0 Å². The van der Waals surface area contributed by atoms with Gasteiger partial charge in [0.05, 0.1) is 0 Å². The van der Waals surface area contributed by atoms with Gasteiger partial charge in [-0.2, -0.15) is 0 Å². The molecule has 4 rings (SSSR count). The molecule has 3 aromatic carbocycles. The molecule has 0 fully saturated rings. The molecule has 26 heavy (non-hydrogen) atoms. The predicted octanol–water partition coefficient (Wildman–Crippen LogP) is 7.10. The average Bonchev–Trinajstić information content (AvgIpc) is 2.81. The van der Waals surface area contributed by atoms with Gasteiger partial charge >= 0.3 is 0 Å². The summed E-state index contributed by atoms with van der Waals surface area (Å²) in [5.74, 6) is -0.127.